The second kappa shape index (κ2) is 13.6. The number of para-hydroxylation sites is 1. The molecule has 5 rings (SSSR count). The number of carbonyl (C=O) groups excluding carboxylic acids is 3. The monoisotopic (exact) mass is 605 g/mol. The van der Waals surface area contributed by atoms with Crippen molar-refractivity contribution >= 4 is 17.8 Å². The first-order valence-corrected chi connectivity index (χ1v) is 14.1. The maximum Gasteiger partial charge on any atom is 0.387 e. The second-order valence-corrected chi connectivity index (χ2v) is 10.5. The van der Waals surface area contributed by atoms with E-state index < -0.39 is 30.8 Å². The van der Waals surface area contributed by atoms with Gasteiger partial charge in [0.05, 0.1) is 13.1 Å². The van der Waals surface area contributed by atoms with Crippen LogP contribution in [0.5, 0.6) is 11.5 Å². The summed E-state index contributed by atoms with van der Waals surface area (Å²) in [5.41, 5.74) is 1.91. The van der Waals surface area contributed by atoms with Crippen LogP contribution in [0.2, 0.25) is 0 Å². The van der Waals surface area contributed by atoms with Crippen LogP contribution in [0.1, 0.15) is 16.7 Å². The molecule has 4 amide bonds. The number of hydrogen-bond donors (Lipinski definition) is 2. The molecule has 10 nitrogen and oxygen atoms in total. The average Bonchev–Trinajstić information content (AvgIpc) is 3.00. The number of amides is 4. The molecule has 2 heterocycles. The predicted molar refractivity (Wildman–Crippen MR) is 157 cm³/mol. The topological polar surface area (TPSA) is 106 Å². The van der Waals surface area contributed by atoms with E-state index in [1.807, 2.05) is 30.3 Å². The predicted octanol–water partition coefficient (Wildman–Crippen LogP) is 3.73. The summed E-state index contributed by atoms with van der Waals surface area (Å²) in [5, 5.41) is 15.7. The van der Waals surface area contributed by atoms with Gasteiger partial charge in [0.15, 0.2) is 0 Å². The molecular weight excluding hydrogens is 572 g/mol. The van der Waals surface area contributed by atoms with E-state index in [1.54, 1.807) is 41.4 Å². The number of piperazine rings is 1. The number of phenols is 1. The number of hydrazine groups is 1. The third-order valence-corrected chi connectivity index (χ3v) is 7.58. The number of nitrogens with zero attached hydrogens (tertiary/aromatic N) is 4. The molecular formula is C32H33F2N5O5. The SMILES string of the molecule is C=CCN1CC(=O)N2[C@@H](Cc3ccc(O)cc3)C(=O)N(Cc3ccccc3OC(F)F)C[C@@H]2N1C(=O)NCc1ccccc1. The van der Waals surface area contributed by atoms with Gasteiger partial charge < -0.3 is 25.0 Å². The molecule has 12 heteroatoms. The van der Waals surface area contributed by atoms with Gasteiger partial charge in [0, 0.05) is 31.6 Å². The molecule has 2 saturated heterocycles. The second-order valence-electron chi connectivity index (χ2n) is 10.5. The molecule has 0 aromatic heterocycles. The average molecular weight is 606 g/mol. The minimum Gasteiger partial charge on any atom is -0.508 e. The number of alkyl halides is 2. The quantitative estimate of drug-likeness (QED) is 0.342. The summed E-state index contributed by atoms with van der Waals surface area (Å²) < 4.78 is 31.1. The molecule has 0 unspecified atom stereocenters. The van der Waals surface area contributed by atoms with Crippen LogP contribution < -0.4 is 10.1 Å². The van der Waals surface area contributed by atoms with Crippen LogP contribution in [-0.2, 0) is 29.1 Å². The molecule has 44 heavy (non-hydrogen) atoms. The third kappa shape index (κ3) is 6.81. The zero-order valence-corrected chi connectivity index (χ0v) is 23.9. The Morgan fingerprint density at radius 2 is 1.73 bits per heavy atom. The summed E-state index contributed by atoms with van der Waals surface area (Å²) in [4.78, 5) is 44.5. The van der Waals surface area contributed by atoms with E-state index in [2.05, 4.69) is 11.9 Å². The van der Waals surface area contributed by atoms with E-state index >= 15 is 0 Å². The minimum absolute atomic E-state index is 0.0502. The van der Waals surface area contributed by atoms with Crippen molar-refractivity contribution in [3.05, 3.63) is 108 Å². The first kappa shape index (κ1) is 30.5. The summed E-state index contributed by atoms with van der Waals surface area (Å²) in [7, 11) is 0. The Bertz CT molecular complexity index is 1490. The fraction of sp³-hybridized carbons (Fsp3) is 0.281. The van der Waals surface area contributed by atoms with Crippen molar-refractivity contribution in [2.75, 3.05) is 19.6 Å². The molecule has 0 spiro atoms. The number of fused-ring (bicyclic) bond motifs is 1. The fourth-order valence-corrected chi connectivity index (χ4v) is 5.60. The Morgan fingerprint density at radius 1 is 1.02 bits per heavy atom. The van der Waals surface area contributed by atoms with Gasteiger partial charge in [0.1, 0.15) is 23.7 Å². The lowest BCUT2D eigenvalue weighted by Gasteiger charge is -2.55. The molecule has 2 fully saturated rings. The maximum atomic E-state index is 14.1. The van der Waals surface area contributed by atoms with Gasteiger partial charge in [-0.3, -0.25) is 9.59 Å². The van der Waals surface area contributed by atoms with Crippen LogP contribution in [0.3, 0.4) is 0 Å². The molecule has 0 radical (unpaired) electrons. The van der Waals surface area contributed by atoms with Crippen molar-refractivity contribution in [2.45, 2.75) is 38.3 Å². The highest BCUT2D eigenvalue weighted by Crippen LogP contribution is 2.31. The van der Waals surface area contributed by atoms with Gasteiger partial charge in [-0.1, -0.05) is 66.7 Å². The van der Waals surface area contributed by atoms with Gasteiger partial charge in [-0.25, -0.2) is 14.8 Å². The van der Waals surface area contributed by atoms with Gasteiger partial charge in [0.25, 0.3) is 0 Å². The number of phenolic OH excluding ortho intramolecular Hbond substituents is 1. The van der Waals surface area contributed by atoms with Crippen LogP contribution in [-0.4, -0.2) is 81.2 Å². The van der Waals surface area contributed by atoms with E-state index in [1.165, 1.54) is 33.0 Å². The molecule has 3 aromatic carbocycles. The summed E-state index contributed by atoms with van der Waals surface area (Å²) in [6.45, 7) is 0.818. The van der Waals surface area contributed by atoms with Gasteiger partial charge in [-0.2, -0.15) is 8.78 Å². The zero-order chi connectivity index (χ0) is 31.2. The Labute approximate surface area is 253 Å². The zero-order valence-electron chi connectivity index (χ0n) is 23.9. The van der Waals surface area contributed by atoms with Crippen LogP contribution in [0.15, 0.2) is 91.5 Å². The summed E-state index contributed by atoms with van der Waals surface area (Å²) >= 11 is 0. The Hall–Kier alpha value is -4.97. The van der Waals surface area contributed by atoms with E-state index in [0.29, 0.717) is 11.1 Å². The van der Waals surface area contributed by atoms with Crippen LogP contribution in [0, 0.1) is 0 Å². The van der Waals surface area contributed by atoms with Crippen molar-refractivity contribution in [3.8, 4) is 11.5 Å². The number of nitrogens with one attached hydrogen (secondary N) is 1. The highest BCUT2D eigenvalue weighted by Gasteiger charge is 2.51. The molecule has 3 aromatic rings. The molecule has 2 aliphatic heterocycles. The Morgan fingerprint density at radius 3 is 2.43 bits per heavy atom. The highest BCUT2D eigenvalue weighted by atomic mass is 19.3. The number of aromatic hydroxyl groups is 1. The molecule has 2 aliphatic rings. The van der Waals surface area contributed by atoms with Gasteiger partial charge >= 0.3 is 12.6 Å². The lowest BCUT2D eigenvalue weighted by molar-refractivity contribution is -0.189. The number of hydrogen-bond acceptors (Lipinski definition) is 6. The number of carbonyl (C=O) groups is 3. The molecule has 2 N–H and O–H groups in total. The molecule has 230 valence electrons. The van der Waals surface area contributed by atoms with Crippen LogP contribution in [0.4, 0.5) is 13.6 Å². The molecule has 0 aliphatic carbocycles. The lowest BCUT2D eigenvalue weighted by Crippen LogP contribution is -2.76. The van der Waals surface area contributed by atoms with Crippen LogP contribution >= 0.6 is 0 Å². The first-order chi connectivity index (χ1) is 21.2. The van der Waals surface area contributed by atoms with Crippen molar-refractivity contribution in [1.82, 2.24) is 25.1 Å². The fourth-order valence-electron chi connectivity index (χ4n) is 5.60. The van der Waals surface area contributed by atoms with Gasteiger partial charge in [-0.15, -0.1) is 6.58 Å². The Balaban J connectivity index is 1.51. The number of urea groups is 1. The van der Waals surface area contributed by atoms with Crippen LogP contribution in [0.25, 0.3) is 0 Å². The number of rotatable bonds is 10. The van der Waals surface area contributed by atoms with Crippen molar-refractivity contribution in [3.63, 3.8) is 0 Å². The minimum atomic E-state index is -3.06. The number of ether oxygens (including phenoxy) is 1. The van der Waals surface area contributed by atoms with Gasteiger partial charge in [-0.05, 0) is 29.3 Å². The normalized spacial score (nSPS) is 18.8. The first-order valence-electron chi connectivity index (χ1n) is 14.1. The van der Waals surface area contributed by atoms with E-state index in [9.17, 15) is 28.3 Å². The smallest absolute Gasteiger partial charge is 0.387 e. The van der Waals surface area contributed by atoms with Crippen molar-refractivity contribution < 1.29 is 33.0 Å². The molecule has 2 atom stereocenters. The highest BCUT2D eigenvalue weighted by molar-refractivity contribution is 5.91. The third-order valence-electron chi connectivity index (χ3n) is 7.58. The van der Waals surface area contributed by atoms with E-state index in [4.69, 9.17) is 4.74 Å². The Kier molecular flexibility index (Phi) is 9.39. The molecule has 0 bridgehead atoms. The summed E-state index contributed by atoms with van der Waals surface area (Å²) in [5.74, 6) is -0.772. The standard InChI is InChI=1S/C32H33F2N5O5/c1-2-16-37-21-29(41)38-26(17-22-12-14-25(40)15-13-22)30(42)36(19-24-10-6-7-11-27(24)44-31(33)34)20-28(38)39(37)32(43)35-18-23-8-4-3-5-9-23/h2-15,26,28,31,40H,1,16-21H2,(H,35,43)/t26-,28-/m0/s1. The van der Waals surface area contributed by atoms with E-state index in [-0.39, 0.29) is 56.6 Å². The summed E-state index contributed by atoms with van der Waals surface area (Å²) in [6.07, 6.45) is 0.779. The number of halogens is 2. The summed E-state index contributed by atoms with van der Waals surface area (Å²) in [6, 6.07) is 20.4. The van der Waals surface area contributed by atoms with Crippen molar-refractivity contribution in [2.24, 2.45) is 0 Å². The lowest BCUT2D eigenvalue weighted by atomic mass is 9.98. The van der Waals surface area contributed by atoms with Crippen molar-refractivity contribution in [1.29, 1.82) is 0 Å². The van der Waals surface area contributed by atoms with Gasteiger partial charge in [0.2, 0.25) is 11.8 Å². The largest absolute Gasteiger partial charge is 0.508 e. The van der Waals surface area contributed by atoms with E-state index in [0.717, 1.165) is 5.56 Å². The molecule has 0 saturated carbocycles. The number of benzene rings is 3. The maximum absolute atomic E-state index is 14.1.